The fourth-order valence-corrected chi connectivity index (χ4v) is 2.03. The Kier molecular flexibility index (Phi) is 6.11. The first-order valence-corrected chi connectivity index (χ1v) is 7.57. The standard InChI is InChI=1S/C18H18N2O5/c1-3-25-18(23)17(22)20-15-7-5-4-6-14(15)16(21)19-12-8-10-13(24-2)11-9-12/h4-11H,3H2,1-2H3,(H,19,21)(H,20,22). The van der Waals surface area contributed by atoms with Gasteiger partial charge in [-0.3, -0.25) is 9.59 Å². The molecule has 0 aliphatic rings. The molecule has 2 N–H and O–H groups in total. The van der Waals surface area contributed by atoms with E-state index >= 15 is 0 Å². The number of carbonyl (C=O) groups excluding carboxylic acids is 3. The van der Waals surface area contributed by atoms with E-state index in [1.165, 1.54) is 6.07 Å². The van der Waals surface area contributed by atoms with Crippen LogP contribution in [0, 0.1) is 0 Å². The van der Waals surface area contributed by atoms with Gasteiger partial charge in [-0.15, -0.1) is 0 Å². The molecule has 0 aromatic heterocycles. The molecule has 0 aliphatic heterocycles. The van der Waals surface area contributed by atoms with Crippen molar-refractivity contribution in [1.82, 2.24) is 0 Å². The molecule has 0 radical (unpaired) electrons. The lowest BCUT2D eigenvalue weighted by Crippen LogP contribution is -2.26. The Bertz CT molecular complexity index is 771. The van der Waals surface area contributed by atoms with E-state index in [2.05, 4.69) is 15.4 Å². The number of methoxy groups -OCH3 is 1. The van der Waals surface area contributed by atoms with E-state index in [1.54, 1.807) is 56.5 Å². The second kappa shape index (κ2) is 8.49. The molecule has 0 unspecified atom stereocenters. The van der Waals surface area contributed by atoms with Crippen LogP contribution in [0.2, 0.25) is 0 Å². The van der Waals surface area contributed by atoms with E-state index in [1.807, 2.05) is 0 Å². The Labute approximate surface area is 144 Å². The van der Waals surface area contributed by atoms with Gasteiger partial charge in [-0.25, -0.2) is 4.79 Å². The topological polar surface area (TPSA) is 93.7 Å². The van der Waals surface area contributed by atoms with E-state index in [9.17, 15) is 14.4 Å². The van der Waals surface area contributed by atoms with E-state index in [0.717, 1.165) is 0 Å². The van der Waals surface area contributed by atoms with Crippen LogP contribution in [0.1, 0.15) is 17.3 Å². The molecule has 0 saturated carbocycles. The number of amides is 2. The van der Waals surface area contributed by atoms with Crippen molar-refractivity contribution in [2.45, 2.75) is 6.92 Å². The lowest BCUT2D eigenvalue weighted by atomic mass is 10.1. The van der Waals surface area contributed by atoms with Crippen LogP contribution in [0.5, 0.6) is 5.75 Å². The summed E-state index contributed by atoms with van der Waals surface area (Å²) in [5.41, 5.74) is 1.000. The molecular formula is C18H18N2O5. The van der Waals surface area contributed by atoms with Gasteiger partial charge in [-0.1, -0.05) is 12.1 Å². The molecule has 0 atom stereocenters. The second-order valence-corrected chi connectivity index (χ2v) is 4.90. The van der Waals surface area contributed by atoms with Crippen molar-refractivity contribution in [3.63, 3.8) is 0 Å². The predicted molar refractivity (Wildman–Crippen MR) is 92.7 cm³/mol. The van der Waals surface area contributed by atoms with Crippen LogP contribution in [-0.2, 0) is 14.3 Å². The van der Waals surface area contributed by atoms with Crippen LogP contribution in [0.15, 0.2) is 48.5 Å². The van der Waals surface area contributed by atoms with Crippen LogP contribution < -0.4 is 15.4 Å². The van der Waals surface area contributed by atoms with Crippen LogP contribution in [-0.4, -0.2) is 31.5 Å². The van der Waals surface area contributed by atoms with Crippen molar-refractivity contribution >= 4 is 29.2 Å². The number of nitrogens with one attached hydrogen (secondary N) is 2. The van der Waals surface area contributed by atoms with Gasteiger partial charge >= 0.3 is 11.9 Å². The van der Waals surface area contributed by atoms with Crippen LogP contribution >= 0.6 is 0 Å². The SMILES string of the molecule is CCOC(=O)C(=O)Nc1ccccc1C(=O)Nc1ccc(OC)cc1. The van der Waals surface area contributed by atoms with Crippen molar-refractivity contribution in [3.8, 4) is 5.75 Å². The molecule has 2 aromatic rings. The quantitative estimate of drug-likeness (QED) is 0.643. The smallest absolute Gasteiger partial charge is 0.397 e. The number of carbonyl (C=O) groups is 3. The summed E-state index contributed by atoms with van der Waals surface area (Å²) >= 11 is 0. The number of anilines is 2. The van der Waals surface area contributed by atoms with E-state index in [0.29, 0.717) is 11.4 Å². The largest absolute Gasteiger partial charge is 0.497 e. The highest BCUT2D eigenvalue weighted by Crippen LogP contribution is 2.19. The first-order chi connectivity index (χ1) is 12.0. The van der Waals surface area contributed by atoms with Gasteiger partial charge in [-0.05, 0) is 43.3 Å². The Balaban J connectivity index is 2.14. The van der Waals surface area contributed by atoms with Crippen molar-refractivity contribution < 1.29 is 23.9 Å². The van der Waals surface area contributed by atoms with E-state index < -0.39 is 17.8 Å². The molecule has 0 fully saturated rings. The second-order valence-electron chi connectivity index (χ2n) is 4.90. The highest BCUT2D eigenvalue weighted by Gasteiger charge is 2.18. The summed E-state index contributed by atoms with van der Waals surface area (Å²) in [5.74, 6) is -1.70. The van der Waals surface area contributed by atoms with Gasteiger partial charge in [0.1, 0.15) is 5.75 Å². The molecule has 7 heteroatoms. The molecule has 7 nitrogen and oxygen atoms in total. The minimum atomic E-state index is -1.01. The summed E-state index contributed by atoms with van der Waals surface area (Å²) in [7, 11) is 1.55. The minimum Gasteiger partial charge on any atom is -0.497 e. The predicted octanol–water partition coefficient (Wildman–Crippen LogP) is 2.45. The molecule has 0 spiro atoms. The molecule has 0 bridgehead atoms. The maximum absolute atomic E-state index is 12.5. The maximum Gasteiger partial charge on any atom is 0.397 e. The third kappa shape index (κ3) is 4.81. The average Bonchev–Trinajstić information content (AvgIpc) is 2.63. The zero-order valence-electron chi connectivity index (χ0n) is 13.9. The van der Waals surface area contributed by atoms with Crippen LogP contribution in [0.25, 0.3) is 0 Å². The number of rotatable bonds is 5. The third-order valence-corrected chi connectivity index (χ3v) is 3.23. The Morgan fingerprint density at radius 3 is 2.28 bits per heavy atom. The number of ether oxygens (including phenoxy) is 2. The monoisotopic (exact) mass is 342 g/mol. The van der Waals surface area contributed by atoms with Gasteiger partial charge in [0.2, 0.25) is 0 Å². The first kappa shape index (κ1) is 18.0. The molecule has 0 aliphatic carbocycles. The van der Waals surface area contributed by atoms with Gasteiger partial charge in [0.25, 0.3) is 5.91 Å². The number of para-hydroxylation sites is 1. The molecule has 2 rings (SSSR count). The number of benzene rings is 2. The van der Waals surface area contributed by atoms with Crippen molar-refractivity contribution in [2.24, 2.45) is 0 Å². The minimum absolute atomic E-state index is 0.0891. The summed E-state index contributed by atoms with van der Waals surface area (Å²) < 4.78 is 9.69. The van der Waals surface area contributed by atoms with Gasteiger partial charge in [-0.2, -0.15) is 0 Å². The van der Waals surface area contributed by atoms with Crippen LogP contribution in [0.3, 0.4) is 0 Å². The summed E-state index contributed by atoms with van der Waals surface area (Å²) in [6.07, 6.45) is 0. The highest BCUT2D eigenvalue weighted by molar-refractivity contribution is 6.37. The maximum atomic E-state index is 12.5. The zero-order chi connectivity index (χ0) is 18.2. The zero-order valence-corrected chi connectivity index (χ0v) is 13.9. The lowest BCUT2D eigenvalue weighted by Gasteiger charge is -2.11. The van der Waals surface area contributed by atoms with Gasteiger partial charge in [0, 0.05) is 5.69 Å². The molecule has 0 heterocycles. The lowest BCUT2D eigenvalue weighted by molar-refractivity contribution is -0.152. The number of esters is 1. The van der Waals surface area contributed by atoms with Crippen molar-refractivity contribution in [1.29, 1.82) is 0 Å². The summed E-state index contributed by atoms with van der Waals surface area (Å²) in [6.45, 7) is 1.69. The normalized spacial score (nSPS) is 9.84. The van der Waals surface area contributed by atoms with E-state index in [4.69, 9.17) is 4.74 Å². The van der Waals surface area contributed by atoms with Gasteiger partial charge in [0.15, 0.2) is 0 Å². The molecule has 25 heavy (non-hydrogen) atoms. The molecule has 2 aromatic carbocycles. The molecule has 130 valence electrons. The van der Waals surface area contributed by atoms with E-state index in [-0.39, 0.29) is 17.9 Å². The van der Waals surface area contributed by atoms with Gasteiger partial charge in [0.05, 0.1) is 25.0 Å². The number of hydrogen-bond donors (Lipinski definition) is 2. The van der Waals surface area contributed by atoms with Gasteiger partial charge < -0.3 is 20.1 Å². The Morgan fingerprint density at radius 1 is 0.960 bits per heavy atom. The molecular weight excluding hydrogens is 324 g/mol. The molecule has 0 saturated heterocycles. The Hall–Kier alpha value is -3.35. The summed E-state index contributed by atoms with van der Waals surface area (Å²) in [5, 5.41) is 5.10. The van der Waals surface area contributed by atoms with Crippen LogP contribution in [0.4, 0.5) is 11.4 Å². The van der Waals surface area contributed by atoms with Crippen molar-refractivity contribution in [2.75, 3.05) is 24.4 Å². The highest BCUT2D eigenvalue weighted by atomic mass is 16.5. The summed E-state index contributed by atoms with van der Waals surface area (Å²) in [6, 6.07) is 13.2. The fourth-order valence-electron chi connectivity index (χ4n) is 2.03. The third-order valence-electron chi connectivity index (χ3n) is 3.23. The molecule has 2 amide bonds. The number of hydrogen-bond acceptors (Lipinski definition) is 5. The Morgan fingerprint density at radius 2 is 1.64 bits per heavy atom. The first-order valence-electron chi connectivity index (χ1n) is 7.57. The van der Waals surface area contributed by atoms with Crippen molar-refractivity contribution in [3.05, 3.63) is 54.1 Å². The fraction of sp³-hybridized carbons (Fsp3) is 0.167. The summed E-state index contributed by atoms with van der Waals surface area (Å²) in [4.78, 5) is 35.7. The average molecular weight is 342 g/mol.